The maximum atomic E-state index is 8.88. The molecule has 4 heteroatoms. The summed E-state index contributed by atoms with van der Waals surface area (Å²) in [4.78, 5) is 0. The highest BCUT2D eigenvalue weighted by Gasteiger charge is 2.23. The molecule has 0 bridgehead atoms. The molecule has 3 unspecified atom stereocenters. The van der Waals surface area contributed by atoms with Gasteiger partial charge in [0.1, 0.15) is 0 Å². The zero-order valence-electron chi connectivity index (χ0n) is 9.47. The molecule has 0 radical (unpaired) electrons. The Labute approximate surface area is 91.6 Å². The summed E-state index contributed by atoms with van der Waals surface area (Å²) in [5.74, 6) is 0.748. The summed E-state index contributed by atoms with van der Waals surface area (Å²) < 4.78 is 0. The van der Waals surface area contributed by atoms with Crippen LogP contribution in [0.5, 0.6) is 0 Å². The van der Waals surface area contributed by atoms with Crippen LogP contribution in [0.15, 0.2) is 0 Å². The van der Waals surface area contributed by atoms with Gasteiger partial charge in [-0.2, -0.15) is 0 Å². The van der Waals surface area contributed by atoms with Gasteiger partial charge in [-0.1, -0.05) is 12.8 Å². The van der Waals surface area contributed by atoms with E-state index in [1.54, 1.807) is 0 Å². The van der Waals surface area contributed by atoms with Crippen LogP contribution in [0.1, 0.15) is 32.6 Å². The minimum Gasteiger partial charge on any atom is -0.396 e. The van der Waals surface area contributed by atoms with Gasteiger partial charge in [0.25, 0.3) is 0 Å². The molecule has 4 nitrogen and oxygen atoms in total. The normalized spacial score (nSPS) is 27.8. The molecule has 3 atom stereocenters. The molecular weight excluding hydrogens is 196 g/mol. The molecular formula is C11H24O4. The third-order valence-electron chi connectivity index (χ3n) is 2.80. The van der Waals surface area contributed by atoms with E-state index in [0.717, 1.165) is 12.8 Å². The van der Waals surface area contributed by atoms with Crippen LogP contribution in [0.2, 0.25) is 0 Å². The Kier molecular flexibility index (Phi) is 9.00. The van der Waals surface area contributed by atoms with Crippen LogP contribution < -0.4 is 0 Å². The van der Waals surface area contributed by atoms with Crippen molar-refractivity contribution in [3.8, 4) is 0 Å². The summed E-state index contributed by atoms with van der Waals surface area (Å²) in [5, 5.41) is 33.8. The number of aliphatic hydroxyl groups is 4. The van der Waals surface area contributed by atoms with Crippen LogP contribution in [-0.2, 0) is 0 Å². The maximum Gasteiger partial charge on any atom is 0.0742 e. The molecule has 0 spiro atoms. The Balaban J connectivity index is 0.000000336. The minimum absolute atomic E-state index is 0.139. The first-order chi connectivity index (χ1) is 7.15. The second-order valence-electron chi connectivity index (χ2n) is 4.20. The predicted octanol–water partition coefficient (Wildman–Crippen LogP) is 0.137. The number of hydrogen-bond acceptors (Lipinski definition) is 4. The van der Waals surface area contributed by atoms with Gasteiger partial charge in [-0.05, 0) is 31.6 Å². The first-order valence-electron chi connectivity index (χ1n) is 5.66. The SMILES string of the molecule is CC(O)CO.OCC1CCCCC1CO. The van der Waals surface area contributed by atoms with Crippen LogP contribution in [0.3, 0.4) is 0 Å². The molecule has 0 aromatic heterocycles. The zero-order chi connectivity index (χ0) is 11.7. The fraction of sp³-hybridized carbons (Fsp3) is 1.00. The van der Waals surface area contributed by atoms with Crippen LogP contribution in [0.25, 0.3) is 0 Å². The van der Waals surface area contributed by atoms with Gasteiger partial charge >= 0.3 is 0 Å². The average molecular weight is 220 g/mol. The molecule has 0 aliphatic heterocycles. The Hall–Kier alpha value is -0.160. The minimum atomic E-state index is -0.560. The highest BCUT2D eigenvalue weighted by atomic mass is 16.3. The van der Waals surface area contributed by atoms with Crippen molar-refractivity contribution in [2.75, 3.05) is 19.8 Å². The van der Waals surface area contributed by atoms with E-state index in [9.17, 15) is 0 Å². The summed E-state index contributed by atoms with van der Waals surface area (Å²) in [6, 6.07) is 0. The van der Waals surface area contributed by atoms with Gasteiger partial charge in [-0.15, -0.1) is 0 Å². The lowest BCUT2D eigenvalue weighted by Gasteiger charge is -2.28. The summed E-state index contributed by atoms with van der Waals surface area (Å²) in [5.41, 5.74) is 0. The number of hydrogen-bond donors (Lipinski definition) is 4. The lowest BCUT2D eigenvalue weighted by molar-refractivity contribution is 0.0869. The Morgan fingerprint density at radius 3 is 1.53 bits per heavy atom. The molecule has 1 aliphatic rings. The summed E-state index contributed by atoms with van der Waals surface area (Å²) in [6.07, 6.45) is 4.09. The standard InChI is InChI=1S/C8H16O2.C3H8O2/c9-5-7-3-1-2-4-8(7)6-10;1-3(5)2-4/h7-10H,1-6H2;3-5H,2H2,1H3. The van der Waals surface area contributed by atoms with Gasteiger partial charge in [-0.3, -0.25) is 0 Å². The lowest BCUT2D eigenvalue weighted by Crippen LogP contribution is -2.25. The molecule has 0 saturated heterocycles. The van der Waals surface area contributed by atoms with Crippen molar-refractivity contribution >= 4 is 0 Å². The molecule has 0 aromatic rings. The van der Waals surface area contributed by atoms with Gasteiger partial charge in [0.05, 0.1) is 12.7 Å². The van der Waals surface area contributed by atoms with Crippen molar-refractivity contribution in [2.24, 2.45) is 11.8 Å². The highest BCUT2D eigenvalue weighted by molar-refractivity contribution is 4.73. The van der Waals surface area contributed by atoms with Gasteiger partial charge < -0.3 is 20.4 Å². The molecule has 1 rings (SSSR count). The lowest BCUT2D eigenvalue weighted by atomic mass is 9.80. The first kappa shape index (κ1) is 14.8. The molecule has 1 fully saturated rings. The second-order valence-corrected chi connectivity index (χ2v) is 4.20. The van der Waals surface area contributed by atoms with E-state index in [-0.39, 0.29) is 19.8 Å². The topological polar surface area (TPSA) is 80.9 Å². The van der Waals surface area contributed by atoms with Gasteiger partial charge in [-0.25, -0.2) is 0 Å². The smallest absolute Gasteiger partial charge is 0.0742 e. The van der Waals surface area contributed by atoms with E-state index in [2.05, 4.69) is 0 Å². The van der Waals surface area contributed by atoms with E-state index in [0.29, 0.717) is 11.8 Å². The third kappa shape index (κ3) is 6.84. The van der Waals surface area contributed by atoms with E-state index in [1.165, 1.54) is 19.8 Å². The molecule has 4 N–H and O–H groups in total. The summed E-state index contributed by atoms with van der Waals surface area (Å²) in [6.45, 7) is 1.90. The molecule has 92 valence electrons. The van der Waals surface area contributed by atoms with Crippen molar-refractivity contribution in [3.05, 3.63) is 0 Å². The predicted molar refractivity (Wildman–Crippen MR) is 58.4 cm³/mol. The second kappa shape index (κ2) is 9.09. The summed E-state index contributed by atoms with van der Waals surface area (Å²) in [7, 11) is 0. The molecule has 0 heterocycles. The molecule has 15 heavy (non-hydrogen) atoms. The molecule has 1 aliphatic carbocycles. The van der Waals surface area contributed by atoms with E-state index in [1.807, 2.05) is 0 Å². The third-order valence-corrected chi connectivity index (χ3v) is 2.80. The fourth-order valence-electron chi connectivity index (χ4n) is 1.77. The maximum absolute atomic E-state index is 8.88. The number of aliphatic hydroxyl groups excluding tert-OH is 4. The van der Waals surface area contributed by atoms with Crippen LogP contribution in [0, 0.1) is 11.8 Å². The van der Waals surface area contributed by atoms with Crippen molar-refractivity contribution < 1.29 is 20.4 Å². The first-order valence-corrected chi connectivity index (χ1v) is 5.66. The van der Waals surface area contributed by atoms with Gasteiger partial charge in [0.2, 0.25) is 0 Å². The zero-order valence-corrected chi connectivity index (χ0v) is 9.47. The number of rotatable bonds is 3. The van der Waals surface area contributed by atoms with Crippen LogP contribution >= 0.6 is 0 Å². The van der Waals surface area contributed by atoms with Crippen LogP contribution in [0.4, 0.5) is 0 Å². The molecule has 0 amide bonds. The van der Waals surface area contributed by atoms with E-state index in [4.69, 9.17) is 20.4 Å². The average Bonchev–Trinajstić information content (AvgIpc) is 2.29. The van der Waals surface area contributed by atoms with Gasteiger partial charge in [0.15, 0.2) is 0 Å². The van der Waals surface area contributed by atoms with Crippen molar-refractivity contribution in [3.63, 3.8) is 0 Å². The Bertz CT molecular complexity index is 127. The largest absolute Gasteiger partial charge is 0.396 e. The van der Waals surface area contributed by atoms with Gasteiger partial charge in [0, 0.05) is 13.2 Å². The quantitative estimate of drug-likeness (QED) is 0.545. The van der Waals surface area contributed by atoms with Crippen LogP contribution in [-0.4, -0.2) is 46.4 Å². The summed E-state index contributed by atoms with van der Waals surface area (Å²) >= 11 is 0. The van der Waals surface area contributed by atoms with Crippen molar-refractivity contribution in [1.82, 2.24) is 0 Å². The monoisotopic (exact) mass is 220 g/mol. The van der Waals surface area contributed by atoms with E-state index < -0.39 is 6.10 Å². The fourth-order valence-corrected chi connectivity index (χ4v) is 1.77. The highest BCUT2D eigenvalue weighted by Crippen LogP contribution is 2.28. The van der Waals surface area contributed by atoms with Crippen molar-refractivity contribution in [1.29, 1.82) is 0 Å². The Morgan fingerprint density at radius 2 is 1.33 bits per heavy atom. The van der Waals surface area contributed by atoms with Crippen molar-refractivity contribution in [2.45, 2.75) is 38.7 Å². The molecule has 1 saturated carbocycles. The molecule has 0 aromatic carbocycles. The Morgan fingerprint density at radius 1 is 1.00 bits per heavy atom. The van der Waals surface area contributed by atoms with E-state index >= 15 is 0 Å².